The van der Waals surface area contributed by atoms with Crippen LogP contribution in [0.5, 0.6) is 5.75 Å². The third-order valence-electron chi connectivity index (χ3n) is 5.35. The topological polar surface area (TPSA) is 43.3 Å². The maximum atomic E-state index is 13.7. The third kappa shape index (κ3) is 4.81. The first-order chi connectivity index (χ1) is 16.2. The number of fused-ring (bicyclic) bond motifs is 1. The van der Waals surface area contributed by atoms with E-state index in [1.807, 2.05) is 82.7 Å². The van der Waals surface area contributed by atoms with E-state index in [2.05, 4.69) is 5.32 Å². The van der Waals surface area contributed by atoms with Crippen LogP contribution in [0.15, 0.2) is 96.4 Å². The second-order valence-electron chi connectivity index (χ2n) is 7.67. The van der Waals surface area contributed by atoms with Crippen molar-refractivity contribution in [3.8, 4) is 5.75 Å². The third-order valence-corrected chi connectivity index (χ3v) is 6.20. The highest BCUT2D eigenvalue weighted by Crippen LogP contribution is 2.27. The Labute approximate surface area is 194 Å². The van der Waals surface area contributed by atoms with Crippen molar-refractivity contribution in [3.63, 3.8) is 0 Å². The molecule has 0 aliphatic carbocycles. The molecule has 33 heavy (non-hydrogen) atoms. The van der Waals surface area contributed by atoms with Crippen molar-refractivity contribution in [3.05, 3.63) is 119 Å². The van der Waals surface area contributed by atoms with Crippen LogP contribution >= 0.6 is 11.3 Å². The molecule has 0 fully saturated rings. The number of nitrogens with one attached hydrogen (secondary N) is 1. The molecule has 0 atom stereocenters. The number of aromatic nitrogens is 1. The highest BCUT2D eigenvalue weighted by Gasteiger charge is 2.17. The van der Waals surface area contributed by atoms with E-state index in [-0.39, 0.29) is 11.7 Å². The van der Waals surface area contributed by atoms with Gasteiger partial charge in [0.2, 0.25) is 0 Å². The van der Waals surface area contributed by atoms with E-state index in [9.17, 15) is 9.18 Å². The Morgan fingerprint density at radius 2 is 1.70 bits per heavy atom. The Morgan fingerprint density at radius 1 is 0.909 bits per heavy atom. The minimum Gasteiger partial charge on any atom is -0.489 e. The normalized spacial score (nSPS) is 10.9. The first-order valence-corrected chi connectivity index (χ1v) is 11.4. The van der Waals surface area contributed by atoms with Crippen LogP contribution in [0.4, 0.5) is 10.1 Å². The molecule has 6 heteroatoms. The molecule has 0 unspecified atom stereocenters. The average Bonchev–Trinajstić information content (AvgIpc) is 3.42. The fraction of sp³-hybridized carbons (Fsp3) is 0.0741. The van der Waals surface area contributed by atoms with Gasteiger partial charge in [-0.25, -0.2) is 4.39 Å². The van der Waals surface area contributed by atoms with E-state index in [4.69, 9.17) is 4.74 Å². The van der Waals surface area contributed by atoms with E-state index in [0.29, 0.717) is 24.5 Å². The van der Waals surface area contributed by atoms with Gasteiger partial charge in [0.1, 0.15) is 23.9 Å². The molecule has 164 valence electrons. The summed E-state index contributed by atoms with van der Waals surface area (Å²) in [6, 6.07) is 27.6. The van der Waals surface area contributed by atoms with Crippen LogP contribution in [0.2, 0.25) is 0 Å². The monoisotopic (exact) mass is 456 g/mol. The lowest BCUT2D eigenvalue weighted by atomic mass is 10.2. The number of benzene rings is 3. The lowest BCUT2D eigenvalue weighted by Crippen LogP contribution is -2.17. The summed E-state index contributed by atoms with van der Waals surface area (Å²) in [5.41, 5.74) is 4.06. The van der Waals surface area contributed by atoms with Crippen LogP contribution in [0, 0.1) is 5.82 Å². The number of hydrogen-bond acceptors (Lipinski definition) is 3. The number of thiophene rings is 1. The Hall–Kier alpha value is -3.90. The van der Waals surface area contributed by atoms with Crippen molar-refractivity contribution < 1.29 is 13.9 Å². The molecule has 0 saturated carbocycles. The molecule has 0 aliphatic rings. The van der Waals surface area contributed by atoms with Crippen molar-refractivity contribution in [2.45, 2.75) is 13.2 Å². The van der Waals surface area contributed by atoms with Crippen LogP contribution in [0.1, 0.15) is 21.6 Å². The number of amides is 1. The maximum absolute atomic E-state index is 13.7. The van der Waals surface area contributed by atoms with Gasteiger partial charge in [-0.1, -0.05) is 42.5 Å². The molecular formula is C27H21FN2O2S. The predicted molar refractivity (Wildman–Crippen MR) is 130 cm³/mol. The quantitative estimate of drug-likeness (QED) is 0.295. The lowest BCUT2D eigenvalue weighted by Gasteiger charge is -2.12. The zero-order valence-corrected chi connectivity index (χ0v) is 18.5. The highest BCUT2D eigenvalue weighted by atomic mass is 32.1. The van der Waals surface area contributed by atoms with Crippen molar-refractivity contribution in [2.24, 2.45) is 0 Å². The molecule has 4 nitrogen and oxygen atoms in total. The summed E-state index contributed by atoms with van der Waals surface area (Å²) in [4.78, 5) is 13.1. The van der Waals surface area contributed by atoms with Gasteiger partial charge in [0.25, 0.3) is 5.91 Å². The molecular weight excluding hydrogens is 435 g/mol. The molecule has 1 N–H and O–H groups in total. The molecule has 2 aromatic heterocycles. The highest BCUT2D eigenvalue weighted by molar-refractivity contribution is 7.17. The molecule has 5 rings (SSSR count). The van der Waals surface area contributed by atoms with Crippen molar-refractivity contribution in [2.75, 3.05) is 5.32 Å². The van der Waals surface area contributed by atoms with Gasteiger partial charge in [-0.3, -0.25) is 4.79 Å². The van der Waals surface area contributed by atoms with Gasteiger partial charge in [-0.2, -0.15) is 0 Å². The number of carbonyl (C=O) groups is 1. The number of nitrogens with zero attached hydrogens (tertiary/aromatic N) is 1. The smallest absolute Gasteiger partial charge is 0.272 e. The molecule has 0 aliphatic heterocycles. The fourth-order valence-electron chi connectivity index (χ4n) is 3.72. The number of hydrogen-bond donors (Lipinski definition) is 1. The van der Waals surface area contributed by atoms with E-state index in [0.717, 1.165) is 27.1 Å². The van der Waals surface area contributed by atoms with Gasteiger partial charge < -0.3 is 14.6 Å². The average molecular weight is 457 g/mol. The Morgan fingerprint density at radius 3 is 2.48 bits per heavy atom. The second-order valence-corrected chi connectivity index (χ2v) is 8.62. The van der Waals surface area contributed by atoms with Crippen molar-refractivity contribution in [1.29, 1.82) is 0 Å². The minimum atomic E-state index is -0.290. The minimum absolute atomic E-state index is 0.215. The summed E-state index contributed by atoms with van der Waals surface area (Å²) in [7, 11) is 0. The standard InChI is InChI=1S/C27H21FN2O2S/c28-21-8-4-7-20(15-21)17-30-24-13-14-33-26(24)16-25(30)27(31)29-22-9-11-23(12-10-22)32-18-19-5-2-1-3-6-19/h1-16H,17-18H2,(H,29,31). The summed E-state index contributed by atoms with van der Waals surface area (Å²) in [6.07, 6.45) is 0. The zero-order chi connectivity index (χ0) is 22.6. The van der Waals surface area contributed by atoms with E-state index < -0.39 is 0 Å². The fourth-order valence-corrected chi connectivity index (χ4v) is 4.55. The van der Waals surface area contributed by atoms with Gasteiger partial charge in [0.05, 0.1) is 10.2 Å². The summed E-state index contributed by atoms with van der Waals surface area (Å²) in [5, 5.41) is 4.95. The molecule has 0 spiro atoms. The molecule has 2 heterocycles. The molecule has 0 bridgehead atoms. The van der Waals surface area contributed by atoms with Gasteiger partial charge in [-0.05, 0) is 65.0 Å². The Balaban J connectivity index is 1.31. The van der Waals surface area contributed by atoms with E-state index in [1.54, 1.807) is 17.4 Å². The SMILES string of the molecule is O=C(Nc1ccc(OCc2ccccc2)cc1)c1cc2sccc2n1Cc1cccc(F)c1. The van der Waals surface area contributed by atoms with Crippen LogP contribution in [-0.2, 0) is 13.2 Å². The van der Waals surface area contributed by atoms with Crippen molar-refractivity contribution >= 4 is 33.1 Å². The van der Waals surface area contributed by atoms with Crippen LogP contribution in [0.3, 0.4) is 0 Å². The predicted octanol–water partition coefficient (Wildman–Crippen LogP) is 6.72. The summed E-state index contributed by atoms with van der Waals surface area (Å²) >= 11 is 1.57. The largest absolute Gasteiger partial charge is 0.489 e. The van der Waals surface area contributed by atoms with E-state index >= 15 is 0 Å². The molecule has 0 radical (unpaired) electrons. The summed E-state index contributed by atoms with van der Waals surface area (Å²) < 4.78 is 22.4. The van der Waals surface area contributed by atoms with Gasteiger partial charge in [0, 0.05) is 12.2 Å². The lowest BCUT2D eigenvalue weighted by molar-refractivity contribution is 0.101. The number of carbonyl (C=O) groups excluding carboxylic acids is 1. The Bertz CT molecular complexity index is 1390. The molecule has 0 saturated heterocycles. The van der Waals surface area contributed by atoms with Crippen LogP contribution in [-0.4, -0.2) is 10.5 Å². The van der Waals surface area contributed by atoms with Crippen molar-refractivity contribution in [1.82, 2.24) is 4.57 Å². The van der Waals surface area contributed by atoms with E-state index in [1.165, 1.54) is 12.1 Å². The number of halogens is 1. The molecule has 5 aromatic rings. The van der Waals surface area contributed by atoms with Gasteiger partial charge in [0.15, 0.2) is 0 Å². The Kier molecular flexibility index (Phi) is 5.91. The number of rotatable bonds is 7. The summed E-state index contributed by atoms with van der Waals surface area (Å²) in [5.74, 6) is 0.224. The van der Waals surface area contributed by atoms with Gasteiger partial charge >= 0.3 is 0 Å². The molecule has 1 amide bonds. The number of ether oxygens (including phenoxy) is 1. The van der Waals surface area contributed by atoms with Crippen LogP contribution in [0.25, 0.3) is 10.2 Å². The molecule has 3 aromatic carbocycles. The maximum Gasteiger partial charge on any atom is 0.272 e. The zero-order valence-electron chi connectivity index (χ0n) is 17.7. The first-order valence-electron chi connectivity index (χ1n) is 10.5. The van der Waals surface area contributed by atoms with Crippen LogP contribution < -0.4 is 10.1 Å². The summed E-state index contributed by atoms with van der Waals surface area (Å²) in [6.45, 7) is 0.893. The first kappa shape index (κ1) is 21.0. The van der Waals surface area contributed by atoms with Gasteiger partial charge in [-0.15, -0.1) is 11.3 Å². The number of anilines is 1. The second kappa shape index (κ2) is 9.30.